The Kier molecular flexibility index (Phi) is 5.64. The summed E-state index contributed by atoms with van der Waals surface area (Å²) in [6, 6.07) is 5.47. The molecule has 0 radical (unpaired) electrons. The number of rotatable bonds is 5. The Hall–Kier alpha value is -3.04. The average molecular weight is 438 g/mol. The fraction of sp³-hybridized carbons (Fsp3) is 0.478. The number of benzene rings is 1. The summed E-state index contributed by atoms with van der Waals surface area (Å²) in [4.78, 5) is 6.60. The number of anilines is 1. The molecular formula is C23H31N7O2. The molecule has 9 heteroatoms. The fourth-order valence-electron chi connectivity index (χ4n) is 4.94. The molecule has 1 unspecified atom stereocenters. The smallest absolute Gasteiger partial charge is 0.245 e. The highest BCUT2D eigenvalue weighted by atomic mass is 16.5. The van der Waals surface area contributed by atoms with E-state index in [9.17, 15) is 5.11 Å². The first-order valence-electron chi connectivity index (χ1n) is 10.7. The molecule has 1 aliphatic heterocycles. The first kappa shape index (κ1) is 22.2. The number of methoxy groups -OCH3 is 1. The van der Waals surface area contributed by atoms with E-state index in [2.05, 4.69) is 58.4 Å². The monoisotopic (exact) mass is 437 g/mol. The molecule has 2 aromatic heterocycles. The normalized spacial score (nSPS) is 21.9. The van der Waals surface area contributed by atoms with Gasteiger partial charge in [0.2, 0.25) is 5.95 Å². The second kappa shape index (κ2) is 8.14. The summed E-state index contributed by atoms with van der Waals surface area (Å²) >= 11 is 0. The van der Waals surface area contributed by atoms with Gasteiger partial charge < -0.3 is 20.1 Å². The van der Waals surface area contributed by atoms with Crippen molar-refractivity contribution in [2.45, 2.75) is 57.3 Å². The largest absolute Gasteiger partial charge is 0.507 e. The average Bonchev–Trinajstić information content (AvgIpc) is 3.26. The summed E-state index contributed by atoms with van der Waals surface area (Å²) in [5.41, 5.74) is 2.56. The number of aromatic nitrogens is 5. The van der Waals surface area contributed by atoms with Gasteiger partial charge in [0, 0.05) is 42.6 Å². The summed E-state index contributed by atoms with van der Waals surface area (Å²) < 4.78 is 5.89. The third kappa shape index (κ3) is 4.18. The van der Waals surface area contributed by atoms with E-state index in [1.807, 2.05) is 24.1 Å². The lowest BCUT2D eigenvalue weighted by atomic mass is 9.76. The minimum Gasteiger partial charge on any atom is -0.507 e. The summed E-state index contributed by atoms with van der Waals surface area (Å²) in [7, 11) is 3.72. The number of likely N-dealkylation sites (N-methyl/N-ethyl adjacent to an activating group) is 1. The SMILES string of the molecule is CO[C@H]1C(N(C)c2ncc(-c3ccc(-c4cn[nH]c4)cc3O)nn2)CC(C)(C)NC1(C)C. The molecule has 0 spiro atoms. The van der Waals surface area contributed by atoms with Crippen molar-refractivity contribution in [3.05, 3.63) is 36.8 Å². The van der Waals surface area contributed by atoms with E-state index in [1.54, 1.807) is 31.8 Å². The van der Waals surface area contributed by atoms with Crippen LogP contribution < -0.4 is 10.2 Å². The number of ether oxygens (including phenoxy) is 1. The number of hydrogen-bond acceptors (Lipinski definition) is 8. The maximum absolute atomic E-state index is 10.5. The Morgan fingerprint density at radius 2 is 1.91 bits per heavy atom. The van der Waals surface area contributed by atoms with Gasteiger partial charge in [0.05, 0.1) is 24.5 Å². The van der Waals surface area contributed by atoms with E-state index < -0.39 is 0 Å². The van der Waals surface area contributed by atoms with Crippen molar-refractivity contribution in [2.24, 2.45) is 0 Å². The molecule has 9 nitrogen and oxygen atoms in total. The Balaban J connectivity index is 1.58. The minimum absolute atomic E-state index is 0.0525. The molecule has 1 aliphatic rings. The number of phenolic OH excluding ortho intramolecular Hbond substituents is 1. The van der Waals surface area contributed by atoms with Gasteiger partial charge in [0.15, 0.2) is 0 Å². The van der Waals surface area contributed by atoms with E-state index in [-0.39, 0.29) is 29.0 Å². The minimum atomic E-state index is -0.217. The number of H-pyrrole nitrogens is 1. The maximum Gasteiger partial charge on any atom is 0.245 e. The van der Waals surface area contributed by atoms with Gasteiger partial charge in [-0.05, 0) is 51.8 Å². The maximum atomic E-state index is 10.5. The molecule has 3 heterocycles. The first-order chi connectivity index (χ1) is 15.1. The van der Waals surface area contributed by atoms with Crippen LogP contribution in [0, 0.1) is 0 Å². The van der Waals surface area contributed by atoms with E-state index in [1.165, 1.54) is 0 Å². The van der Waals surface area contributed by atoms with Crippen LogP contribution in [-0.4, -0.2) is 67.9 Å². The van der Waals surface area contributed by atoms with Crippen molar-refractivity contribution < 1.29 is 9.84 Å². The first-order valence-corrected chi connectivity index (χ1v) is 10.7. The van der Waals surface area contributed by atoms with Gasteiger partial charge in [-0.2, -0.15) is 5.10 Å². The number of piperidine rings is 1. The highest BCUT2D eigenvalue weighted by molar-refractivity contribution is 5.73. The van der Waals surface area contributed by atoms with Crippen molar-refractivity contribution in [3.8, 4) is 28.1 Å². The molecule has 0 amide bonds. The predicted molar refractivity (Wildman–Crippen MR) is 123 cm³/mol. The molecule has 0 bridgehead atoms. The Labute approximate surface area is 188 Å². The number of aromatic hydroxyl groups is 1. The van der Waals surface area contributed by atoms with E-state index >= 15 is 0 Å². The van der Waals surface area contributed by atoms with Crippen LogP contribution in [0.4, 0.5) is 5.95 Å². The van der Waals surface area contributed by atoms with Crippen molar-refractivity contribution in [2.75, 3.05) is 19.1 Å². The molecule has 32 heavy (non-hydrogen) atoms. The third-order valence-corrected chi connectivity index (χ3v) is 6.16. The lowest BCUT2D eigenvalue weighted by molar-refractivity contribution is -0.0338. The molecule has 0 saturated carbocycles. The van der Waals surface area contributed by atoms with Gasteiger partial charge in [-0.15, -0.1) is 10.2 Å². The number of phenols is 1. The van der Waals surface area contributed by atoms with Gasteiger partial charge in [0.1, 0.15) is 11.4 Å². The highest BCUT2D eigenvalue weighted by Gasteiger charge is 2.48. The second-order valence-corrected chi connectivity index (χ2v) is 9.63. The molecule has 4 rings (SSSR count). The van der Waals surface area contributed by atoms with Gasteiger partial charge in [-0.25, -0.2) is 4.98 Å². The van der Waals surface area contributed by atoms with Crippen LogP contribution in [0.5, 0.6) is 5.75 Å². The zero-order valence-electron chi connectivity index (χ0n) is 19.4. The zero-order valence-corrected chi connectivity index (χ0v) is 19.4. The molecule has 1 fully saturated rings. The topological polar surface area (TPSA) is 112 Å². The van der Waals surface area contributed by atoms with Crippen molar-refractivity contribution >= 4 is 5.95 Å². The van der Waals surface area contributed by atoms with E-state index in [4.69, 9.17) is 4.74 Å². The fourth-order valence-corrected chi connectivity index (χ4v) is 4.94. The quantitative estimate of drug-likeness (QED) is 0.558. The summed E-state index contributed by atoms with van der Waals surface area (Å²) in [5.74, 6) is 0.631. The Bertz CT molecular complexity index is 1060. The number of hydrogen-bond donors (Lipinski definition) is 3. The van der Waals surface area contributed by atoms with Crippen LogP contribution >= 0.6 is 0 Å². The summed E-state index contributed by atoms with van der Waals surface area (Å²) in [6.07, 6.45) is 5.94. The zero-order chi connectivity index (χ0) is 23.1. The Morgan fingerprint density at radius 1 is 1.12 bits per heavy atom. The van der Waals surface area contributed by atoms with Crippen LogP contribution in [0.3, 0.4) is 0 Å². The Morgan fingerprint density at radius 3 is 2.50 bits per heavy atom. The van der Waals surface area contributed by atoms with Crippen LogP contribution in [0.15, 0.2) is 36.8 Å². The molecule has 1 aromatic carbocycles. The molecular weight excluding hydrogens is 406 g/mol. The van der Waals surface area contributed by atoms with Crippen LogP contribution in [0.1, 0.15) is 34.1 Å². The van der Waals surface area contributed by atoms with Crippen molar-refractivity contribution in [1.29, 1.82) is 0 Å². The number of nitrogens with zero attached hydrogens (tertiary/aromatic N) is 5. The van der Waals surface area contributed by atoms with E-state index in [0.717, 1.165) is 17.5 Å². The summed E-state index contributed by atoms with van der Waals surface area (Å²) in [5, 5.41) is 29.7. The molecule has 3 N–H and O–H groups in total. The van der Waals surface area contributed by atoms with E-state index in [0.29, 0.717) is 17.2 Å². The van der Waals surface area contributed by atoms with Crippen molar-refractivity contribution in [1.82, 2.24) is 30.7 Å². The van der Waals surface area contributed by atoms with Gasteiger partial charge in [0.25, 0.3) is 0 Å². The molecule has 2 atom stereocenters. The predicted octanol–water partition coefficient (Wildman–Crippen LogP) is 3.00. The second-order valence-electron chi connectivity index (χ2n) is 9.63. The van der Waals surface area contributed by atoms with Crippen LogP contribution in [0.2, 0.25) is 0 Å². The molecule has 3 aromatic rings. The molecule has 0 aliphatic carbocycles. The molecule has 1 saturated heterocycles. The number of aromatic amines is 1. The third-order valence-electron chi connectivity index (χ3n) is 6.16. The number of nitrogens with one attached hydrogen (secondary N) is 2. The van der Waals surface area contributed by atoms with Crippen LogP contribution in [-0.2, 0) is 4.74 Å². The summed E-state index contributed by atoms with van der Waals surface area (Å²) in [6.45, 7) is 8.70. The lowest BCUT2D eigenvalue weighted by Crippen LogP contribution is -2.70. The highest BCUT2D eigenvalue weighted by Crippen LogP contribution is 2.35. The standard InChI is InChI=1S/C23H31N7O2/c1-22(2)10-18(20(32-6)23(3,4)29-22)30(5)21-24-13-17(27-28-21)16-8-7-14(9-19(16)31)15-11-25-26-12-15/h7-9,11-13,18,20,29,31H,10H2,1-6H3,(H,25,26)/t18?,20-/m0/s1. The van der Waals surface area contributed by atoms with Crippen LogP contribution in [0.25, 0.3) is 22.4 Å². The molecule has 170 valence electrons. The van der Waals surface area contributed by atoms with Crippen molar-refractivity contribution in [3.63, 3.8) is 0 Å². The van der Waals surface area contributed by atoms with Gasteiger partial charge in [-0.1, -0.05) is 6.07 Å². The van der Waals surface area contributed by atoms with Gasteiger partial charge in [-0.3, -0.25) is 5.10 Å². The lowest BCUT2D eigenvalue weighted by Gasteiger charge is -2.53. The van der Waals surface area contributed by atoms with Gasteiger partial charge >= 0.3 is 0 Å².